The number of morpholine rings is 1. The molecule has 0 radical (unpaired) electrons. The van der Waals surface area contributed by atoms with Crippen molar-refractivity contribution in [2.24, 2.45) is 0 Å². The summed E-state index contributed by atoms with van der Waals surface area (Å²) in [6.07, 6.45) is 10.4. The number of H-pyrrole nitrogens is 1. The molecule has 1 amide bonds. The first-order valence-electron chi connectivity index (χ1n) is 13.7. The van der Waals surface area contributed by atoms with Crippen LogP contribution < -0.4 is 15.8 Å². The SMILES string of the molecule is Cc1cc2[nH]c(=O)c3cnn(C4CCCCCC4)c3c2cc1C(=O)NCc1ccc(N2CCOCC2)nc1. The van der Waals surface area contributed by atoms with Crippen molar-refractivity contribution in [1.82, 2.24) is 25.1 Å². The predicted molar refractivity (Wildman–Crippen MR) is 148 cm³/mol. The van der Waals surface area contributed by atoms with E-state index >= 15 is 0 Å². The van der Waals surface area contributed by atoms with Gasteiger partial charge in [0.05, 0.1) is 41.9 Å². The molecule has 198 valence electrons. The number of benzene rings is 1. The first kappa shape index (κ1) is 24.6. The van der Waals surface area contributed by atoms with Crippen LogP contribution in [0.2, 0.25) is 0 Å². The van der Waals surface area contributed by atoms with Crippen molar-refractivity contribution in [3.63, 3.8) is 0 Å². The lowest BCUT2D eigenvalue weighted by atomic mass is 10.0. The van der Waals surface area contributed by atoms with Crippen LogP contribution in [0.15, 0.2) is 41.5 Å². The van der Waals surface area contributed by atoms with Gasteiger partial charge in [0.1, 0.15) is 5.82 Å². The van der Waals surface area contributed by atoms with Gasteiger partial charge in [-0.3, -0.25) is 14.3 Å². The van der Waals surface area contributed by atoms with Gasteiger partial charge in [0.2, 0.25) is 0 Å². The molecule has 1 saturated heterocycles. The van der Waals surface area contributed by atoms with Crippen LogP contribution in [0.5, 0.6) is 0 Å². The Morgan fingerprint density at radius 2 is 1.87 bits per heavy atom. The number of nitrogens with zero attached hydrogens (tertiary/aromatic N) is 4. The number of nitrogens with one attached hydrogen (secondary N) is 2. The summed E-state index contributed by atoms with van der Waals surface area (Å²) in [6, 6.07) is 8.08. The van der Waals surface area contributed by atoms with Crippen LogP contribution >= 0.6 is 0 Å². The van der Waals surface area contributed by atoms with Crippen LogP contribution in [0.25, 0.3) is 21.8 Å². The van der Waals surface area contributed by atoms with Gasteiger partial charge in [0, 0.05) is 36.8 Å². The standard InChI is InChI=1S/C29H34N6O3/c1-19-14-25-23(27-24(29(37)33-25)18-32-35(27)21-6-4-2-3-5-7-21)15-22(19)28(36)31-17-20-8-9-26(30-16-20)34-10-12-38-13-11-34/h8-9,14-16,18,21H,2-7,10-13,17H2,1H3,(H,31,36)(H,33,37). The number of aromatic nitrogens is 4. The Morgan fingerprint density at radius 1 is 1.08 bits per heavy atom. The molecule has 9 nitrogen and oxygen atoms in total. The largest absolute Gasteiger partial charge is 0.378 e. The molecule has 1 aromatic carbocycles. The van der Waals surface area contributed by atoms with Crippen molar-refractivity contribution in [1.29, 1.82) is 0 Å². The first-order chi connectivity index (χ1) is 18.6. The van der Waals surface area contributed by atoms with Crippen molar-refractivity contribution < 1.29 is 9.53 Å². The van der Waals surface area contributed by atoms with Gasteiger partial charge in [-0.1, -0.05) is 31.7 Å². The van der Waals surface area contributed by atoms with E-state index in [1.165, 1.54) is 25.7 Å². The third-order valence-corrected chi connectivity index (χ3v) is 7.92. The van der Waals surface area contributed by atoms with Gasteiger partial charge in [-0.05, 0) is 49.1 Å². The molecule has 2 N–H and O–H groups in total. The van der Waals surface area contributed by atoms with Gasteiger partial charge in [-0.15, -0.1) is 0 Å². The molecule has 2 aliphatic rings. The molecule has 4 heterocycles. The minimum atomic E-state index is -0.151. The monoisotopic (exact) mass is 514 g/mol. The molecule has 0 bridgehead atoms. The zero-order valence-corrected chi connectivity index (χ0v) is 21.8. The quantitative estimate of drug-likeness (QED) is 0.386. The number of hydrogen-bond acceptors (Lipinski definition) is 6. The maximum atomic E-state index is 13.3. The first-order valence-corrected chi connectivity index (χ1v) is 13.7. The summed E-state index contributed by atoms with van der Waals surface area (Å²) in [5, 5.41) is 9.14. The van der Waals surface area contributed by atoms with E-state index < -0.39 is 0 Å². The van der Waals surface area contributed by atoms with Crippen LogP contribution in [0.4, 0.5) is 5.82 Å². The highest BCUT2D eigenvalue weighted by molar-refractivity contribution is 6.07. The predicted octanol–water partition coefficient (Wildman–Crippen LogP) is 4.24. The second-order valence-electron chi connectivity index (χ2n) is 10.5. The lowest BCUT2D eigenvalue weighted by Gasteiger charge is -2.27. The van der Waals surface area contributed by atoms with Crippen molar-refractivity contribution in [2.45, 2.75) is 58.0 Å². The third-order valence-electron chi connectivity index (χ3n) is 7.92. The summed E-state index contributed by atoms with van der Waals surface area (Å²) in [6.45, 7) is 5.38. The molecule has 1 saturated carbocycles. The molecule has 1 aliphatic carbocycles. The van der Waals surface area contributed by atoms with E-state index in [1.807, 2.05) is 42.1 Å². The minimum absolute atomic E-state index is 0.142. The lowest BCUT2D eigenvalue weighted by Crippen LogP contribution is -2.36. The molecular weight excluding hydrogens is 480 g/mol. The van der Waals surface area contributed by atoms with Crippen molar-refractivity contribution >= 4 is 33.5 Å². The van der Waals surface area contributed by atoms with E-state index in [-0.39, 0.29) is 17.5 Å². The van der Waals surface area contributed by atoms with Gasteiger partial charge in [-0.25, -0.2) is 4.98 Å². The number of ether oxygens (including phenoxy) is 1. The van der Waals surface area contributed by atoms with Crippen molar-refractivity contribution in [2.75, 3.05) is 31.2 Å². The second kappa shape index (κ2) is 10.6. The van der Waals surface area contributed by atoms with Crippen LogP contribution in [0.3, 0.4) is 0 Å². The zero-order valence-electron chi connectivity index (χ0n) is 21.8. The Labute approximate surface area is 221 Å². The smallest absolute Gasteiger partial charge is 0.259 e. The summed E-state index contributed by atoms with van der Waals surface area (Å²) >= 11 is 0. The number of aryl methyl sites for hydroxylation is 1. The van der Waals surface area contributed by atoms with E-state index in [0.717, 1.165) is 59.3 Å². The number of pyridine rings is 2. The fraction of sp³-hybridized carbons (Fsp3) is 0.448. The molecule has 1 aliphatic heterocycles. The van der Waals surface area contributed by atoms with Gasteiger partial charge in [0.15, 0.2) is 0 Å². The van der Waals surface area contributed by atoms with Gasteiger partial charge < -0.3 is 19.9 Å². The number of hydrogen-bond donors (Lipinski definition) is 2. The topological polar surface area (TPSA) is 105 Å². The molecule has 6 rings (SSSR count). The van der Waals surface area contributed by atoms with Gasteiger partial charge in [0.25, 0.3) is 11.5 Å². The highest BCUT2D eigenvalue weighted by Crippen LogP contribution is 2.32. The zero-order chi connectivity index (χ0) is 26.1. The van der Waals surface area contributed by atoms with Crippen LogP contribution in [-0.4, -0.2) is 52.0 Å². The normalized spacial score (nSPS) is 17.1. The second-order valence-corrected chi connectivity index (χ2v) is 10.5. The van der Waals surface area contributed by atoms with E-state index in [0.29, 0.717) is 30.7 Å². The van der Waals surface area contributed by atoms with Crippen LogP contribution in [0.1, 0.15) is 66.1 Å². The maximum absolute atomic E-state index is 13.3. The number of anilines is 1. The third kappa shape index (κ3) is 4.78. The molecule has 4 aromatic rings. The highest BCUT2D eigenvalue weighted by atomic mass is 16.5. The minimum Gasteiger partial charge on any atom is -0.378 e. The maximum Gasteiger partial charge on any atom is 0.259 e. The van der Waals surface area contributed by atoms with Crippen LogP contribution in [-0.2, 0) is 11.3 Å². The molecule has 0 atom stereocenters. The van der Waals surface area contributed by atoms with Crippen molar-refractivity contribution in [3.8, 4) is 0 Å². The number of carbonyl (C=O) groups is 1. The van der Waals surface area contributed by atoms with E-state index in [2.05, 4.69) is 25.3 Å². The summed E-state index contributed by atoms with van der Waals surface area (Å²) < 4.78 is 7.45. The molecule has 38 heavy (non-hydrogen) atoms. The van der Waals surface area contributed by atoms with Crippen LogP contribution in [0, 0.1) is 6.92 Å². The summed E-state index contributed by atoms with van der Waals surface area (Å²) in [4.78, 5) is 36.0. The van der Waals surface area contributed by atoms with E-state index in [9.17, 15) is 9.59 Å². The van der Waals surface area contributed by atoms with Crippen molar-refractivity contribution in [3.05, 3.63) is 63.7 Å². The number of carbonyl (C=O) groups excluding carboxylic acids is 1. The molecule has 0 unspecified atom stereocenters. The van der Waals surface area contributed by atoms with E-state index in [1.54, 1.807) is 6.20 Å². The van der Waals surface area contributed by atoms with Gasteiger partial charge >= 0.3 is 0 Å². The fourth-order valence-corrected chi connectivity index (χ4v) is 5.80. The Balaban J connectivity index is 1.27. The number of amides is 1. The molecule has 0 spiro atoms. The Hall–Kier alpha value is -3.72. The van der Waals surface area contributed by atoms with Gasteiger partial charge in [-0.2, -0.15) is 5.10 Å². The highest BCUT2D eigenvalue weighted by Gasteiger charge is 2.21. The van der Waals surface area contributed by atoms with E-state index in [4.69, 9.17) is 4.74 Å². The Bertz CT molecular complexity index is 1510. The average molecular weight is 515 g/mol. The lowest BCUT2D eigenvalue weighted by molar-refractivity contribution is 0.0950. The number of aromatic amines is 1. The molecule has 2 fully saturated rings. The fourth-order valence-electron chi connectivity index (χ4n) is 5.80. The number of rotatable bonds is 5. The molecular formula is C29H34N6O3. The summed E-state index contributed by atoms with van der Waals surface area (Å²) in [7, 11) is 0. The summed E-state index contributed by atoms with van der Waals surface area (Å²) in [5.41, 5.74) is 3.76. The summed E-state index contributed by atoms with van der Waals surface area (Å²) in [5.74, 6) is 0.776. The Kier molecular flexibility index (Phi) is 6.84. The molecule has 9 heteroatoms. The average Bonchev–Trinajstić information content (AvgIpc) is 3.21. The Morgan fingerprint density at radius 3 is 2.61 bits per heavy atom. The molecule has 3 aromatic heterocycles. The number of fused-ring (bicyclic) bond motifs is 3.